The second-order valence-electron chi connectivity index (χ2n) is 6.75. The number of nitrogens with zero attached hydrogens (tertiary/aromatic N) is 3. The van der Waals surface area contributed by atoms with Gasteiger partial charge < -0.3 is 15.3 Å². The van der Waals surface area contributed by atoms with Crippen LogP contribution in [-0.4, -0.2) is 47.9 Å². The van der Waals surface area contributed by atoms with E-state index in [0.717, 1.165) is 54.2 Å². The van der Waals surface area contributed by atoms with Crippen molar-refractivity contribution in [2.24, 2.45) is 0 Å². The van der Waals surface area contributed by atoms with E-state index in [2.05, 4.69) is 15.2 Å². The SMILES string of the molecule is OCCC(F)c1ccc(-c2cc3cccnc3c(N3CCNCC3)n2)cc1. The first-order chi connectivity index (χ1) is 13.3. The number of anilines is 1. The lowest BCUT2D eigenvalue weighted by Crippen LogP contribution is -2.44. The van der Waals surface area contributed by atoms with Crippen molar-refractivity contribution in [1.29, 1.82) is 0 Å². The van der Waals surface area contributed by atoms with Crippen LogP contribution < -0.4 is 10.2 Å². The third kappa shape index (κ3) is 3.77. The van der Waals surface area contributed by atoms with Gasteiger partial charge in [-0.2, -0.15) is 0 Å². The molecule has 1 unspecified atom stereocenters. The van der Waals surface area contributed by atoms with Crippen molar-refractivity contribution in [3.05, 3.63) is 54.2 Å². The van der Waals surface area contributed by atoms with E-state index in [1.165, 1.54) is 0 Å². The number of aliphatic hydroxyl groups is 1. The van der Waals surface area contributed by atoms with Gasteiger partial charge in [-0.15, -0.1) is 0 Å². The molecule has 0 radical (unpaired) electrons. The number of hydrogen-bond donors (Lipinski definition) is 2. The zero-order valence-electron chi connectivity index (χ0n) is 15.1. The van der Waals surface area contributed by atoms with Crippen LogP contribution in [0.3, 0.4) is 0 Å². The van der Waals surface area contributed by atoms with Gasteiger partial charge in [0.15, 0.2) is 5.82 Å². The molecule has 2 aromatic heterocycles. The first-order valence-corrected chi connectivity index (χ1v) is 9.33. The average Bonchev–Trinajstić information content (AvgIpc) is 2.74. The van der Waals surface area contributed by atoms with E-state index in [0.29, 0.717) is 5.56 Å². The summed E-state index contributed by atoms with van der Waals surface area (Å²) in [6.07, 6.45) is 0.772. The van der Waals surface area contributed by atoms with Gasteiger partial charge in [-0.25, -0.2) is 9.37 Å². The second kappa shape index (κ2) is 7.98. The lowest BCUT2D eigenvalue weighted by Gasteiger charge is -2.29. The van der Waals surface area contributed by atoms with Crippen molar-refractivity contribution in [2.45, 2.75) is 12.6 Å². The van der Waals surface area contributed by atoms with Gasteiger partial charge in [0.05, 0.1) is 5.69 Å². The third-order valence-electron chi connectivity index (χ3n) is 4.94. The van der Waals surface area contributed by atoms with Gasteiger partial charge >= 0.3 is 0 Å². The summed E-state index contributed by atoms with van der Waals surface area (Å²) < 4.78 is 14.0. The topological polar surface area (TPSA) is 61.3 Å². The van der Waals surface area contributed by atoms with Crippen LogP contribution in [0, 0.1) is 0 Å². The number of fused-ring (bicyclic) bond motifs is 1. The highest BCUT2D eigenvalue weighted by molar-refractivity contribution is 5.91. The Bertz CT molecular complexity index is 910. The normalized spacial score (nSPS) is 15.9. The summed E-state index contributed by atoms with van der Waals surface area (Å²) in [5, 5.41) is 13.3. The minimum absolute atomic E-state index is 0.117. The smallest absolute Gasteiger partial charge is 0.155 e. The highest BCUT2D eigenvalue weighted by atomic mass is 19.1. The molecule has 0 spiro atoms. The van der Waals surface area contributed by atoms with E-state index >= 15 is 0 Å². The van der Waals surface area contributed by atoms with E-state index in [-0.39, 0.29) is 13.0 Å². The van der Waals surface area contributed by atoms with Crippen molar-refractivity contribution < 1.29 is 9.50 Å². The fraction of sp³-hybridized carbons (Fsp3) is 0.333. The zero-order chi connectivity index (χ0) is 18.6. The maximum atomic E-state index is 14.0. The van der Waals surface area contributed by atoms with E-state index in [1.54, 1.807) is 18.3 Å². The van der Waals surface area contributed by atoms with E-state index in [4.69, 9.17) is 10.1 Å². The fourth-order valence-electron chi connectivity index (χ4n) is 3.46. The largest absolute Gasteiger partial charge is 0.396 e. The van der Waals surface area contributed by atoms with Crippen LogP contribution in [0.2, 0.25) is 0 Å². The summed E-state index contributed by atoms with van der Waals surface area (Å²) >= 11 is 0. The number of hydrogen-bond acceptors (Lipinski definition) is 5. The van der Waals surface area contributed by atoms with Crippen LogP contribution in [0.4, 0.5) is 10.2 Å². The van der Waals surface area contributed by atoms with E-state index in [1.807, 2.05) is 30.3 Å². The number of pyridine rings is 2. The molecular formula is C21H23FN4O. The molecule has 6 heteroatoms. The molecule has 1 aliphatic heterocycles. The van der Waals surface area contributed by atoms with Gasteiger partial charge in [-0.3, -0.25) is 4.98 Å². The first-order valence-electron chi connectivity index (χ1n) is 9.33. The minimum Gasteiger partial charge on any atom is -0.396 e. The molecule has 140 valence electrons. The maximum Gasteiger partial charge on any atom is 0.155 e. The Morgan fingerprint density at radius 2 is 1.93 bits per heavy atom. The first kappa shape index (κ1) is 17.8. The molecule has 1 saturated heterocycles. The molecule has 0 bridgehead atoms. The minimum atomic E-state index is -1.14. The molecule has 3 heterocycles. The molecule has 4 rings (SSSR count). The lowest BCUT2D eigenvalue weighted by atomic mass is 10.0. The lowest BCUT2D eigenvalue weighted by molar-refractivity contribution is 0.222. The summed E-state index contributed by atoms with van der Waals surface area (Å²) in [6.45, 7) is 3.49. The quantitative estimate of drug-likeness (QED) is 0.727. The molecule has 0 amide bonds. The van der Waals surface area contributed by atoms with Gasteiger partial charge in [0.25, 0.3) is 0 Å². The van der Waals surface area contributed by atoms with Crippen molar-refractivity contribution in [3.8, 4) is 11.3 Å². The van der Waals surface area contributed by atoms with Crippen molar-refractivity contribution >= 4 is 16.7 Å². The fourth-order valence-corrected chi connectivity index (χ4v) is 3.46. The summed E-state index contributed by atoms with van der Waals surface area (Å²) in [5.74, 6) is 0.900. The van der Waals surface area contributed by atoms with Gasteiger partial charge in [0, 0.05) is 56.4 Å². The second-order valence-corrected chi connectivity index (χ2v) is 6.75. The molecular weight excluding hydrogens is 343 g/mol. The molecule has 0 aliphatic carbocycles. The van der Waals surface area contributed by atoms with Gasteiger partial charge in [0.2, 0.25) is 0 Å². The Morgan fingerprint density at radius 3 is 2.67 bits per heavy atom. The van der Waals surface area contributed by atoms with Crippen LogP contribution >= 0.6 is 0 Å². The van der Waals surface area contributed by atoms with E-state index in [9.17, 15) is 4.39 Å². The van der Waals surface area contributed by atoms with Crippen molar-refractivity contribution in [3.63, 3.8) is 0 Å². The predicted octanol–water partition coefficient (Wildman–Crippen LogP) is 3.10. The molecule has 1 atom stereocenters. The Labute approximate surface area is 157 Å². The summed E-state index contributed by atoms with van der Waals surface area (Å²) in [6, 6.07) is 13.3. The molecule has 1 aliphatic rings. The molecule has 27 heavy (non-hydrogen) atoms. The summed E-state index contributed by atoms with van der Waals surface area (Å²) in [7, 11) is 0. The van der Waals surface area contributed by atoms with Crippen molar-refractivity contribution in [2.75, 3.05) is 37.7 Å². The number of alkyl halides is 1. The molecule has 0 saturated carbocycles. The summed E-state index contributed by atoms with van der Waals surface area (Å²) in [4.78, 5) is 11.7. The number of benzene rings is 1. The standard InChI is InChI=1S/C21H23FN4O/c22-18(7-13-27)15-3-5-16(6-4-15)19-14-17-2-1-8-24-20(17)21(25-19)26-11-9-23-10-12-26/h1-6,8,14,18,23,27H,7,9-13H2. The molecule has 3 aromatic rings. The van der Waals surface area contributed by atoms with E-state index < -0.39 is 6.17 Å². The predicted molar refractivity (Wildman–Crippen MR) is 106 cm³/mol. The molecule has 2 N–H and O–H groups in total. The number of aromatic nitrogens is 2. The highest BCUT2D eigenvalue weighted by Gasteiger charge is 2.17. The maximum absolute atomic E-state index is 14.0. The molecule has 1 fully saturated rings. The number of piperazine rings is 1. The monoisotopic (exact) mass is 366 g/mol. The Kier molecular flexibility index (Phi) is 5.27. The van der Waals surface area contributed by atoms with Crippen LogP contribution in [0.5, 0.6) is 0 Å². The zero-order valence-corrected chi connectivity index (χ0v) is 15.1. The molecule has 5 nitrogen and oxygen atoms in total. The molecule has 1 aromatic carbocycles. The number of nitrogens with one attached hydrogen (secondary N) is 1. The highest BCUT2D eigenvalue weighted by Crippen LogP contribution is 2.30. The van der Waals surface area contributed by atoms with Crippen LogP contribution in [0.15, 0.2) is 48.7 Å². The Hall–Kier alpha value is -2.57. The third-order valence-corrected chi connectivity index (χ3v) is 4.94. The average molecular weight is 366 g/mol. The van der Waals surface area contributed by atoms with Gasteiger partial charge in [-0.1, -0.05) is 30.3 Å². The van der Waals surface area contributed by atoms with Crippen molar-refractivity contribution in [1.82, 2.24) is 15.3 Å². The Balaban J connectivity index is 1.73. The number of rotatable bonds is 5. The Morgan fingerprint density at radius 1 is 1.15 bits per heavy atom. The van der Waals surface area contributed by atoms with Gasteiger partial charge in [0.1, 0.15) is 11.7 Å². The number of aliphatic hydroxyl groups excluding tert-OH is 1. The van der Waals surface area contributed by atoms with Crippen LogP contribution in [0.1, 0.15) is 18.2 Å². The van der Waals surface area contributed by atoms with Gasteiger partial charge in [-0.05, 0) is 17.7 Å². The summed E-state index contributed by atoms with van der Waals surface area (Å²) in [5.41, 5.74) is 3.29. The van der Waals surface area contributed by atoms with Crippen LogP contribution in [0.25, 0.3) is 22.2 Å². The number of halogens is 1. The van der Waals surface area contributed by atoms with Crippen LogP contribution in [-0.2, 0) is 0 Å².